The quantitative estimate of drug-likeness (QED) is 0.717. The van der Waals surface area contributed by atoms with Gasteiger partial charge in [0.15, 0.2) is 11.5 Å². The van der Waals surface area contributed by atoms with E-state index in [2.05, 4.69) is 10.1 Å². The molecular formula is C18H16ClN3O3. The van der Waals surface area contributed by atoms with Gasteiger partial charge in [0, 0.05) is 32.2 Å². The van der Waals surface area contributed by atoms with Gasteiger partial charge in [0.25, 0.3) is 5.91 Å². The van der Waals surface area contributed by atoms with Crippen LogP contribution in [0.2, 0.25) is 5.02 Å². The molecule has 1 amide bonds. The van der Waals surface area contributed by atoms with Gasteiger partial charge >= 0.3 is 0 Å². The molecule has 1 aliphatic heterocycles. The fourth-order valence-corrected chi connectivity index (χ4v) is 3.19. The maximum Gasteiger partial charge on any atom is 0.276 e. The second-order valence-electron chi connectivity index (χ2n) is 5.78. The number of benzene rings is 1. The Morgan fingerprint density at radius 3 is 2.56 bits per heavy atom. The lowest BCUT2D eigenvalue weighted by Gasteiger charge is -2.36. The molecule has 6 nitrogen and oxygen atoms in total. The average Bonchev–Trinajstić information content (AvgIpc) is 3.33. The molecule has 3 aromatic rings. The van der Waals surface area contributed by atoms with E-state index in [9.17, 15) is 4.79 Å². The zero-order valence-electron chi connectivity index (χ0n) is 13.4. The van der Waals surface area contributed by atoms with Gasteiger partial charge in [-0.25, -0.2) is 0 Å². The second-order valence-corrected chi connectivity index (χ2v) is 6.19. The lowest BCUT2D eigenvalue weighted by Crippen LogP contribution is -2.49. The zero-order valence-corrected chi connectivity index (χ0v) is 14.1. The van der Waals surface area contributed by atoms with E-state index in [1.807, 2.05) is 24.3 Å². The van der Waals surface area contributed by atoms with Gasteiger partial charge in [-0.1, -0.05) is 28.9 Å². The van der Waals surface area contributed by atoms with E-state index < -0.39 is 0 Å². The van der Waals surface area contributed by atoms with Crippen LogP contribution < -0.4 is 4.90 Å². The first-order valence-electron chi connectivity index (χ1n) is 8.02. The SMILES string of the molecule is O=C(c1cc(-c2ccco2)on1)N1CCN(c2ccccc2Cl)CC1. The number of amides is 1. The van der Waals surface area contributed by atoms with Crippen LogP contribution in [0.3, 0.4) is 0 Å². The molecule has 25 heavy (non-hydrogen) atoms. The van der Waals surface area contributed by atoms with Crippen molar-refractivity contribution >= 4 is 23.2 Å². The Balaban J connectivity index is 1.42. The third kappa shape index (κ3) is 3.13. The number of aromatic nitrogens is 1. The third-order valence-corrected chi connectivity index (χ3v) is 4.57. The number of carbonyl (C=O) groups excluding carboxylic acids is 1. The van der Waals surface area contributed by atoms with Crippen molar-refractivity contribution in [2.45, 2.75) is 0 Å². The first-order chi connectivity index (χ1) is 12.2. The number of halogens is 1. The molecule has 0 saturated carbocycles. The number of nitrogens with zero attached hydrogens (tertiary/aromatic N) is 3. The van der Waals surface area contributed by atoms with E-state index in [0.717, 1.165) is 23.8 Å². The molecule has 0 radical (unpaired) electrons. The normalized spacial score (nSPS) is 14.8. The minimum absolute atomic E-state index is 0.139. The van der Waals surface area contributed by atoms with E-state index in [4.69, 9.17) is 20.5 Å². The molecule has 1 aromatic carbocycles. The van der Waals surface area contributed by atoms with E-state index in [1.165, 1.54) is 0 Å². The van der Waals surface area contributed by atoms with Gasteiger partial charge in [-0.15, -0.1) is 0 Å². The molecule has 0 atom stereocenters. The smallest absolute Gasteiger partial charge is 0.276 e. The molecule has 0 unspecified atom stereocenters. The van der Waals surface area contributed by atoms with Crippen LogP contribution in [0.4, 0.5) is 5.69 Å². The van der Waals surface area contributed by atoms with Gasteiger partial charge in [0.2, 0.25) is 5.76 Å². The summed E-state index contributed by atoms with van der Waals surface area (Å²) in [7, 11) is 0. The number of furan rings is 1. The highest BCUT2D eigenvalue weighted by Gasteiger charge is 2.25. The summed E-state index contributed by atoms with van der Waals surface area (Å²) >= 11 is 6.25. The van der Waals surface area contributed by atoms with Crippen LogP contribution in [0.1, 0.15) is 10.5 Å². The molecule has 0 spiro atoms. The number of anilines is 1. The van der Waals surface area contributed by atoms with Crippen LogP contribution in [-0.4, -0.2) is 42.1 Å². The van der Waals surface area contributed by atoms with Crippen LogP contribution in [0.5, 0.6) is 0 Å². The Kier molecular flexibility index (Phi) is 4.19. The largest absolute Gasteiger partial charge is 0.461 e. The molecular weight excluding hydrogens is 342 g/mol. The number of hydrogen-bond donors (Lipinski definition) is 0. The Bertz CT molecular complexity index is 867. The average molecular weight is 358 g/mol. The molecule has 0 aliphatic carbocycles. The standard InChI is InChI=1S/C18H16ClN3O3/c19-13-4-1-2-5-15(13)21-7-9-22(10-8-21)18(23)14-12-17(25-20-14)16-6-3-11-24-16/h1-6,11-12H,7-10H2. The summed E-state index contributed by atoms with van der Waals surface area (Å²) in [6.45, 7) is 2.65. The summed E-state index contributed by atoms with van der Waals surface area (Å²) in [4.78, 5) is 16.6. The predicted octanol–water partition coefficient (Wildman–Crippen LogP) is 3.55. The summed E-state index contributed by atoms with van der Waals surface area (Å²) in [6.07, 6.45) is 1.55. The Morgan fingerprint density at radius 1 is 1.04 bits per heavy atom. The summed E-state index contributed by atoms with van der Waals surface area (Å²) in [5.74, 6) is 0.860. The Labute approximate surface area is 149 Å². The summed E-state index contributed by atoms with van der Waals surface area (Å²) in [5.41, 5.74) is 1.29. The fraction of sp³-hybridized carbons (Fsp3) is 0.222. The van der Waals surface area contributed by atoms with Gasteiger partial charge in [-0.2, -0.15) is 0 Å². The fourth-order valence-electron chi connectivity index (χ4n) is 2.93. The highest BCUT2D eigenvalue weighted by atomic mass is 35.5. The van der Waals surface area contributed by atoms with Crippen molar-refractivity contribution in [1.82, 2.24) is 10.1 Å². The summed E-state index contributed by atoms with van der Waals surface area (Å²) < 4.78 is 10.5. The van der Waals surface area contributed by atoms with E-state index >= 15 is 0 Å². The highest BCUT2D eigenvalue weighted by Crippen LogP contribution is 2.26. The van der Waals surface area contributed by atoms with Crippen LogP contribution >= 0.6 is 11.6 Å². The maximum atomic E-state index is 12.6. The minimum atomic E-state index is -0.139. The van der Waals surface area contributed by atoms with Crippen molar-refractivity contribution in [1.29, 1.82) is 0 Å². The van der Waals surface area contributed by atoms with Gasteiger partial charge in [-0.05, 0) is 24.3 Å². The molecule has 0 bridgehead atoms. The molecule has 1 fully saturated rings. The Hall–Kier alpha value is -2.73. The number of rotatable bonds is 3. The van der Waals surface area contributed by atoms with Gasteiger partial charge < -0.3 is 18.7 Å². The Morgan fingerprint density at radius 2 is 1.84 bits per heavy atom. The van der Waals surface area contributed by atoms with Gasteiger partial charge in [-0.3, -0.25) is 4.79 Å². The first-order valence-corrected chi connectivity index (χ1v) is 8.39. The number of hydrogen-bond acceptors (Lipinski definition) is 5. The van der Waals surface area contributed by atoms with Crippen molar-refractivity contribution in [3.05, 3.63) is 59.4 Å². The van der Waals surface area contributed by atoms with Crippen molar-refractivity contribution < 1.29 is 13.7 Å². The summed E-state index contributed by atoms with van der Waals surface area (Å²) in [5, 5.41) is 4.60. The van der Waals surface area contributed by atoms with Crippen LogP contribution in [-0.2, 0) is 0 Å². The van der Waals surface area contributed by atoms with Gasteiger partial charge in [0.1, 0.15) is 0 Å². The van der Waals surface area contributed by atoms with Crippen LogP contribution in [0, 0.1) is 0 Å². The number of carbonyl (C=O) groups is 1. The molecule has 4 rings (SSSR count). The molecule has 2 aromatic heterocycles. The van der Waals surface area contributed by atoms with E-state index in [1.54, 1.807) is 29.4 Å². The topological polar surface area (TPSA) is 62.7 Å². The maximum absolute atomic E-state index is 12.6. The molecule has 1 saturated heterocycles. The van der Waals surface area contributed by atoms with Crippen molar-refractivity contribution in [3.63, 3.8) is 0 Å². The lowest BCUT2D eigenvalue weighted by molar-refractivity contribution is 0.0736. The van der Waals surface area contributed by atoms with Gasteiger partial charge in [0.05, 0.1) is 17.0 Å². The van der Waals surface area contributed by atoms with Crippen molar-refractivity contribution in [2.24, 2.45) is 0 Å². The van der Waals surface area contributed by atoms with E-state index in [0.29, 0.717) is 24.6 Å². The van der Waals surface area contributed by atoms with Crippen LogP contribution in [0.25, 0.3) is 11.5 Å². The number of piperazine rings is 1. The molecule has 0 N–H and O–H groups in total. The summed E-state index contributed by atoms with van der Waals surface area (Å²) in [6, 6.07) is 12.9. The zero-order chi connectivity index (χ0) is 17.2. The molecule has 1 aliphatic rings. The monoisotopic (exact) mass is 357 g/mol. The molecule has 7 heteroatoms. The van der Waals surface area contributed by atoms with Crippen molar-refractivity contribution in [2.75, 3.05) is 31.1 Å². The predicted molar refractivity (Wildman–Crippen MR) is 93.8 cm³/mol. The van der Waals surface area contributed by atoms with Crippen molar-refractivity contribution in [3.8, 4) is 11.5 Å². The van der Waals surface area contributed by atoms with E-state index in [-0.39, 0.29) is 11.6 Å². The molecule has 128 valence electrons. The highest BCUT2D eigenvalue weighted by molar-refractivity contribution is 6.33. The van der Waals surface area contributed by atoms with Crippen LogP contribution in [0.15, 0.2) is 57.7 Å². The minimum Gasteiger partial charge on any atom is -0.461 e. The number of para-hydroxylation sites is 1. The molecule has 3 heterocycles. The third-order valence-electron chi connectivity index (χ3n) is 4.25. The first kappa shape index (κ1) is 15.8. The lowest BCUT2D eigenvalue weighted by atomic mass is 10.2. The second kappa shape index (κ2) is 6.64.